The van der Waals surface area contributed by atoms with Crippen molar-refractivity contribution in [2.45, 2.75) is 25.9 Å². The van der Waals surface area contributed by atoms with Gasteiger partial charge < -0.3 is 15.5 Å². The summed E-state index contributed by atoms with van der Waals surface area (Å²) in [6.45, 7) is 4.07. The molecule has 112 valence electrons. The van der Waals surface area contributed by atoms with Gasteiger partial charge in [-0.1, -0.05) is 18.2 Å². The second-order valence-electron chi connectivity index (χ2n) is 6.05. The molecule has 0 spiro atoms. The van der Waals surface area contributed by atoms with Crippen LogP contribution in [0.3, 0.4) is 0 Å². The average Bonchev–Trinajstić information content (AvgIpc) is 3.01. The molecule has 2 aliphatic rings. The third-order valence-corrected chi connectivity index (χ3v) is 4.54. The summed E-state index contributed by atoms with van der Waals surface area (Å²) >= 11 is 0. The first-order valence-electron chi connectivity index (χ1n) is 7.47. The third-order valence-electron chi connectivity index (χ3n) is 4.54. The molecule has 0 aromatic heterocycles. The second kappa shape index (κ2) is 5.48. The topological polar surface area (TPSA) is 66.6 Å². The maximum atomic E-state index is 12.5. The van der Waals surface area contributed by atoms with Crippen molar-refractivity contribution in [2.24, 2.45) is 11.7 Å². The van der Waals surface area contributed by atoms with Crippen LogP contribution in [-0.4, -0.2) is 47.3 Å². The van der Waals surface area contributed by atoms with Gasteiger partial charge in [0.15, 0.2) is 0 Å². The normalized spacial score (nSPS) is 24.6. The summed E-state index contributed by atoms with van der Waals surface area (Å²) in [5.74, 6) is 0.371. The highest BCUT2D eigenvalue weighted by Crippen LogP contribution is 2.25. The fourth-order valence-electron chi connectivity index (χ4n) is 3.36. The number of nitrogens with zero attached hydrogens (tertiary/aromatic N) is 2. The zero-order valence-electron chi connectivity index (χ0n) is 12.3. The minimum Gasteiger partial charge on any atom is -0.338 e. The van der Waals surface area contributed by atoms with E-state index in [1.54, 1.807) is 4.90 Å². The molecule has 0 bridgehead atoms. The van der Waals surface area contributed by atoms with E-state index in [0.717, 1.165) is 17.5 Å². The predicted molar refractivity (Wildman–Crippen MR) is 79.5 cm³/mol. The molecule has 1 aromatic carbocycles. The minimum atomic E-state index is -0.0406. The van der Waals surface area contributed by atoms with E-state index in [1.807, 2.05) is 36.1 Å². The highest BCUT2D eigenvalue weighted by atomic mass is 16.2. The molecule has 0 aliphatic carbocycles. The lowest BCUT2D eigenvalue weighted by Crippen LogP contribution is -2.42. The van der Waals surface area contributed by atoms with Crippen LogP contribution in [0, 0.1) is 5.92 Å². The molecule has 5 heteroatoms. The molecule has 1 saturated heterocycles. The molecule has 2 unspecified atom stereocenters. The average molecular weight is 287 g/mol. The Morgan fingerprint density at radius 1 is 1.38 bits per heavy atom. The Balaban J connectivity index is 1.66. The summed E-state index contributed by atoms with van der Waals surface area (Å²) < 4.78 is 0. The number of hydrogen-bond acceptors (Lipinski definition) is 3. The first-order chi connectivity index (χ1) is 10.1. The lowest BCUT2D eigenvalue weighted by atomic mass is 10.1. The van der Waals surface area contributed by atoms with Crippen LogP contribution in [0.5, 0.6) is 0 Å². The summed E-state index contributed by atoms with van der Waals surface area (Å²) in [7, 11) is 0. The van der Waals surface area contributed by atoms with Gasteiger partial charge in [-0.2, -0.15) is 0 Å². The first-order valence-corrected chi connectivity index (χ1v) is 7.47. The molecule has 3 rings (SSSR count). The Labute approximate surface area is 124 Å². The maximum Gasteiger partial charge on any atom is 0.254 e. The lowest BCUT2D eigenvalue weighted by Gasteiger charge is -2.24. The number of rotatable bonds is 3. The number of carbonyl (C=O) groups excluding carboxylic acids is 2. The molecule has 5 nitrogen and oxygen atoms in total. The van der Waals surface area contributed by atoms with Gasteiger partial charge in [-0.15, -0.1) is 0 Å². The standard InChI is InChI=1S/C16H21N3O2/c1-11-6-12(7-17)8-19(11)15(20)10-18-9-13-4-2-3-5-14(13)16(18)21/h2-5,11-12H,6-10,17H2,1H3. The monoisotopic (exact) mass is 287 g/mol. The third kappa shape index (κ3) is 2.53. The number of amides is 2. The minimum absolute atomic E-state index is 0.0274. The fourth-order valence-corrected chi connectivity index (χ4v) is 3.36. The van der Waals surface area contributed by atoms with Crippen molar-refractivity contribution in [3.05, 3.63) is 35.4 Å². The van der Waals surface area contributed by atoms with Crippen molar-refractivity contribution in [3.8, 4) is 0 Å². The summed E-state index contributed by atoms with van der Waals surface area (Å²) in [6, 6.07) is 7.76. The number of likely N-dealkylation sites (tertiary alicyclic amines) is 1. The van der Waals surface area contributed by atoms with E-state index in [-0.39, 0.29) is 24.4 Å². The van der Waals surface area contributed by atoms with E-state index < -0.39 is 0 Å². The van der Waals surface area contributed by atoms with Crippen LogP contribution in [0.2, 0.25) is 0 Å². The second-order valence-corrected chi connectivity index (χ2v) is 6.05. The zero-order chi connectivity index (χ0) is 15.0. The van der Waals surface area contributed by atoms with Crippen molar-refractivity contribution >= 4 is 11.8 Å². The smallest absolute Gasteiger partial charge is 0.254 e. The van der Waals surface area contributed by atoms with Crippen LogP contribution >= 0.6 is 0 Å². The van der Waals surface area contributed by atoms with E-state index in [9.17, 15) is 9.59 Å². The van der Waals surface area contributed by atoms with Gasteiger partial charge >= 0.3 is 0 Å². The van der Waals surface area contributed by atoms with Gasteiger partial charge in [0.25, 0.3) is 5.91 Å². The maximum absolute atomic E-state index is 12.5. The molecule has 1 aromatic rings. The highest BCUT2D eigenvalue weighted by Gasteiger charge is 2.34. The van der Waals surface area contributed by atoms with Crippen molar-refractivity contribution < 1.29 is 9.59 Å². The van der Waals surface area contributed by atoms with E-state index >= 15 is 0 Å². The number of benzene rings is 1. The van der Waals surface area contributed by atoms with Crippen molar-refractivity contribution in [1.82, 2.24) is 9.80 Å². The SMILES string of the molecule is CC1CC(CN)CN1C(=O)CN1Cc2ccccc2C1=O. The molecule has 2 aliphatic heterocycles. The van der Waals surface area contributed by atoms with Gasteiger partial charge in [0.2, 0.25) is 5.91 Å². The summed E-state index contributed by atoms with van der Waals surface area (Å²) in [6.07, 6.45) is 0.955. The van der Waals surface area contributed by atoms with Crippen LogP contribution in [0.4, 0.5) is 0 Å². The highest BCUT2D eigenvalue weighted by molar-refractivity contribution is 6.00. The molecule has 2 N–H and O–H groups in total. The Hall–Kier alpha value is -1.88. The lowest BCUT2D eigenvalue weighted by molar-refractivity contribution is -0.132. The van der Waals surface area contributed by atoms with Gasteiger partial charge in [0, 0.05) is 24.7 Å². The molecule has 2 atom stereocenters. The van der Waals surface area contributed by atoms with Crippen LogP contribution in [0.1, 0.15) is 29.3 Å². The van der Waals surface area contributed by atoms with Crippen LogP contribution in [0.25, 0.3) is 0 Å². The van der Waals surface area contributed by atoms with E-state index in [2.05, 4.69) is 0 Å². The molecule has 0 radical (unpaired) electrons. The van der Waals surface area contributed by atoms with Crippen LogP contribution in [0.15, 0.2) is 24.3 Å². The quantitative estimate of drug-likeness (QED) is 0.896. The summed E-state index contributed by atoms with van der Waals surface area (Å²) in [5, 5.41) is 0. The zero-order valence-corrected chi connectivity index (χ0v) is 12.3. The van der Waals surface area contributed by atoms with Gasteiger partial charge in [0.1, 0.15) is 6.54 Å². The number of carbonyl (C=O) groups is 2. The molecule has 21 heavy (non-hydrogen) atoms. The Bertz CT molecular complexity index is 572. The van der Waals surface area contributed by atoms with Gasteiger partial charge in [-0.25, -0.2) is 0 Å². The van der Waals surface area contributed by atoms with Gasteiger partial charge in [-0.3, -0.25) is 9.59 Å². The summed E-state index contributed by atoms with van der Waals surface area (Å²) in [5.41, 5.74) is 7.43. The Morgan fingerprint density at radius 2 is 2.14 bits per heavy atom. The van der Waals surface area contributed by atoms with Crippen LogP contribution in [-0.2, 0) is 11.3 Å². The van der Waals surface area contributed by atoms with E-state index in [1.165, 1.54) is 0 Å². The van der Waals surface area contributed by atoms with E-state index in [4.69, 9.17) is 5.73 Å². The number of hydrogen-bond donors (Lipinski definition) is 1. The van der Waals surface area contributed by atoms with Crippen molar-refractivity contribution in [3.63, 3.8) is 0 Å². The molecular formula is C16H21N3O2. The number of fused-ring (bicyclic) bond motifs is 1. The Morgan fingerprint density at radius 3 is 2.81 bits per heavy atom. The molecule has 2 amide bonds. The Kier molecular flexibility index (Phi) is 3.68. The van der Waals surface area contributed by atoms with Gasteiger partial charge in [-0.05, 0) is 37.4 Å². The molecule has 2 heterocycles. The first kappa shape index (κ1) is 14.1. The molecular weight excluding hydrogens is 266 g/mol. The van der Waals surface area contributed by atoms with E-state index in [0.29, 0.717) is 25.6 Å². The molecule has 0 saturated carbocycles. The van der Waals surface area contributed by atoms with Crippen molar-refractivity contribution in [1.29, 1.82) is 0 Å². The van der Waals surface area contributed by atoms with Crippen LogP contribution < -0.4 is 5.73 Å². The van der Waals surface area contributed by atoms with Crippen molar-refractivity contribution in [2.75, 3.05) is 19.6 Å². The molecule has 1 fully saturated rings. The van der Waals surface area contributed by atoms with Gasteiger partial charge in [0.05, 0.1) is 0 Å². The number of nitrogens with two attached hydrogens (primary N) is 1. The predicted octanol–water partition coefficient (Wildman–Crippen LogP) is 0.838. The summed E-state index contributed by atoms with van der Waals surface area (Å²) in [4.78, 5) is 28.2. The largest absolute Gasteiger partial charge is 0.338 e. The fraction of sp³-hybridized carbons (Fsp3) is 0.500.